The van der Waals surface area contributed by atoms with Gasteiger partial charge >= 0.3 is 0 Å². The number of hydrogen-bond acceptors (Lipinski definition) is 6. The summed E-state index contributed by atoms with van der Waals surface area (Å²) in [7, 11) is 8.83. The lowest BCUT2D eigenvalue weighted by Gasteiger charge is -2.45. The molecule has 196 valence electrons. The third-order valence-electron chi connectivity index (χ3n) is 8.07. The molecule has 2 aromatic carbocycles. The quantitative estimate of drug-likeness (QED) is 0.389. The van der Waals surface area contributed by atoms with E-state index in [2.05, 4.69) is 50.1 Å². The lowest BCUT2D eigenvalue weighted by Crippen LogP contribution is -2.46. The van der Waals surface area contributed by atoms with Gasteiger partial charge in [-0.1, -0.05) is 32.4 Å². The van der Waals surface area contributed by atoms with Gasteiger partial charge in [0.15, 0.2) is 23.0 Å². The van der Waals surface area contributed by atoms with Gasteiger partial charge in [0.1, 0.15) is 0 Å². The van der Waals surface area contributed by atoms with Crippen LogP contribution in [0.2, 0.25) is 0 Å². The second-order valence-corrected chi connectivity index (χ2v) is 10.1. The molecule has 0 aromatic heterocycles. The van der Waals surface area contributed by atoms with Crippen LogP contribution in [0.15, 0.2) is 36.4 Å². The second kappa shape index (κ2) is 12.4. The predicted octanol–water partition coefficient (Wildman–Crippen LogP) is 5.87. The van der Waals surface area contributed by atoms with Crippen molar-refractivity contribution >= 4 is 0 Å². The van der Waals surface area contributed by atoms with E-state index in [9.17, 15) is 5.26 Å². The molecular weight excluding hydrogens is 452 g/mol. The number of methoxy groups -OCH3 is 4. The van der Waals surface area contributed by atoms with Crippen LogP contribution in [0.1, 0.15) is 50.7 Å². The van der Waals surface area contributed by atoms with Crippen LogP contribution in [-0.2, 0) is 11.8 Å². The summed E-state index contributed by atoms with van der Waals surface area (Å²) in [5.74, 6) is 3.31. The summed E-state index contributed by atoms with van der Waals surface area (Å²) in [4.78, 5) is 2.47. The Labute approximate surface area is 217 Å². The SMILES string of the molecule is COc1ccc(CCN(C)[C@H]2CCC[C@H]([C@@](C#N)(c3ccc(OC)c(OC)c3)C(C)C)C2)cc1OC. The molecule has 0 unspecified atom stereocenters. The highest BCUT2D eigenvalue weighted by Crippen LogP contribution is 2.48. The first kappa shape index (κ1) is 27.7. The molecule has 3 atom stereocenters. The Balaban J connectivity index is 1.79. The number of benzene rings is 2. The van der Waals surface area contributed by atoms with Gasteiger partial charge in [-0.3, -0.25) is 0 Å². The van der Waals surface area contributed by atoms with Crippen LogP contribution in [0.4, 0.5) is 0 Å². The van der Waals surface area contributed by atoms with E-state index in [0.29, 0.717) is 17.5 Å². The second-order valence-electron chi connectivity index (χ2n) is 10.1. The molecule has 1 aliphatic carbocycles. The molecule has 0 amide bonds. The molecule has 0 aliphatic heterocycles. The summed E-state index contributed by atoms with van der Waals surface area (Å²) in [6, 6.07) is 15.4. The topological polar surface area (TPSA) is 64.0 Å². The zero-order valence-electron chi connectivity index (χ0n) is 23.0. The first-order chi connectivity index (χ1) is 17.3. The van der Waals surface area contributed by atoms with E-state index in [1.165, 1.54) is 5.56 Å². The molecular formula is C30H42N2O4. The van der Waals surface area contributed by atoms with Gasteiger partial charge in [0.2, 0.25) is 0 Å². The monoisotopic (exact) mass is 494 g/mol. The van der Waals surface area contributed by atoms with Gasteiger partial charge < -0.3 is 23.8 Å². The van der Waals surface area contributed by atoms with E-state index < -0.39 is 5.41 Å². The lowest BCUT2D eigenvalue weighted by molar-refractivity contribution is 0.112. The van der Waals surface area contributed by atoms with Gasteiger partial charge in [0.05, 0.1) is 39.9 Å². The molecule has 0 N–H and O–H groups in total. The molecule has 0 spiro atoms. The fourth-order valence-corrected chi connectivity index (χ4v) is 5.92. The Bertz CT molecular complexity index is 1050. The summed E-state index contributed by atoms with van der Waals surface area (Å²) in [5, 5.41) is 10.7. The molecule has 2 aromatic rings. The predicted molar refractivity (Wildman–Crippen MR) is 143 cm³/mol. The van der Waals surface area contributed by atoms with Crippen LogP contribution in [0.25, 0.3) is 0 Å². The van der Waals surface area contributed by atoms with Crippen LogP contribution in [0, 0.1) is 23.2 Å². The highest BCUT2D eigenvalue weighted by molar-refractivity contribution is 5.48. The third-order valence-corrected chi connectivity index (χ3v) is 8.07. The van der Waals surface area contributed by atoms with Gasteiger partial charge in [-0.15, -0.1) is 0 Å². The van der Waals surface area contributed by atoms with E-state index in [1.807, 2.05) is 18.2 Å². The number of rotatable bonds is 11. The van der Waals surface area contributed by atoms with Crippen molar-refractivity contribution in [2.45, 2.75) is 57.4 Å². The summed E-state index contributed by atoms with van der Waals surface area (Å²) in [6.07, 6.45) is 5.27. The first-order valence-corrected chi connectivity index (χ1v) is 12.9. The zero-order valence-corrected chi connectivity index (χ0v) is 23.0. The first-order valence-electron chi connectivity index (χ1n) is 12.9. The molecule has 0 bridgehead atoms. The molecule has 0 saturated heterocycles. The van der Waals surface area contributed by atoms with E-state index in [4.69, 9.17) is 18.9 Å². The number of hydrogen-bond donors (Lipinski definition) is 0. The van der Waals surface area contributed by atoms with E-state index in [-0.39, 0.29) is 11.8 Å². The van der Waals surface area contributed by atoms with Crippen molar-refractivity contribution in [1.82, 2.24) is 4.90 Å². The van der Waals surface area contributed by atoms with Crippen molar-refractivity contribution in [1.29, 1.82) is 5.26 Å². The summed E-state index contributed by atoms with van der Waals surface area (Å²) in [6.45, 7) is 5.29. The third kappa shape index (κ3) is 5.57. The van der Waals surface area contributed by atoms with Gasteiger partial charge in [0, 0.05) is 12.6 Å². The highest BCUT2D eigenvalue weighted by atomic mass is 16.5. The standard InChI is InChI=1S/C30H42N2O4/c1-21(2)30(20-31,24-12-14-27(34-5)29(19-24)36-7)23-9-8-10-25(18-23)32(3)16-15-22-11-13-26(33-4)28(17-22)35-6/h11-14,17,19,21,23,25H,8-10,15-16,18H2,1-7H3/t23-,25-,30-/m0/s1. The summed E-state index contributed by atoms with van der Waals surface area (Å²) < 4.78 is 21.9. The van der Waals surface area contributed by atoms with Gasteiger partial charge in [-0.2, -0.15) is 5.26 Å². The van der Waals surface area contributed by atoms with Crippen LogP contribution in [0.5, 0.6) is 23.0 Å². The minimum Gasteiger partial charge on any atom is -0.493 e. The van der Waals surface area contributed by atoms with Crippen molar-refractivity contribution in [3.63, 3.8) is 0 Å². The van der Waals surface area contributed by atoms with Crippen molar-refractivity contribution < 1.29 is 18.9 Å². The Morgan fingerprint density at radius 2 is 1.53 bits per heavy atom. The summed E-state index contributed by atoms with van der Waals surface area (Å²) in [5.41, 5.74) is 1.67. The van der Waals surface area contributed by atoms with E-state index in [0.717, 1.165) is 55.7 Å². The van der Waals surface area contributed by atoms with E-state index >= 15 is 0 Å². The maximum Gasteiger partial charge on any atom is 0.161 e. The van der Waals surface area contributed by atoms with Crippen molar-refractivity contribution in [3.8, 4) is 29.1 Å². The average Bonchev–Trinajstić information content (AvgIpc) is 2.92. The van der Waals surface area contributed by atoms with Gasteiger partial charge in [-0.05, 0) is 80.0 Å². The highest BCUT2D eigenvalue weighted by Gasteiger charge is 2.46. The fraction of sp³-hybridized carbons (Fsp3) is 0.567. The minimum atomic E-state index is -0.581. The van der Waals surface area contributed by atoms with Crippen LogP contribution in [-0.4, -0.2) is 53.0 Å². The Hall–Kier alpha value is -2.91. The Morgan fingerprint density at radius 1 is 0.917 bits per heavy atom. The smallest absolute Gasteiger partial charge is 0.161 e. The zero-order chi connectivity index (χ0) is 26.3. The van der Waals surface area contributed by atoms with Crippen molar-refractivity contribution in [2.75, 3.05) is 42.0 Å². The van der Waals surface area contributed by atoms with Crippen molar-refractivity contribution in [2.24, 2.45) is 11.8 Å². The molecule has 1 saturated carbocycles. The van der Waals surface area contributed by atoms with Crippen LogP contribution < -0.4 is 18.9 Å². The molecule has 6 nitrogen and oxygen atoms in total. The largest absolute Gasteiger partial charge is 0.493 e. The minimum absolute atomic E-state index is 0.168. The van der Waals surface area contributed by atoms with Crippen molar-refractivity contribution in [3.05, 3.63) is 47.5 Å². The maximum absolute atomic E-state index is 10.7. The van der Waals surface area contributed by atoms with Crippen LogP contribution >= 0.6 is 0 Å². The normalized spacial score (nSPS) is 19.4. The molecule has 1 aliphatic rings. The summed E-state index contributed by atoms with van der Waals surface area (Å²) >= 11 is 0. The lowest BCUT2D eigenvalue weighted by atomic mass is 9.59. The number of likely N-dealkylation sites (N-methyl/N-ethyl adjacent to an activating group) is 1. The molecule has 36 heavy (non-hydrogen) atoms. The maximum atomic E-state index is 10.7. The van der Waals surface area contributed by atoms with Gasteiger partial charge in [0.25, 0.3) is 0 Å². The molecule has 0 radical (unpaired) electrons. The van der Waals surface area contributed by atoms with E-state index in [1.54, 1.807) is 28.4 Å². The number of nitriles is 1. The Morgan fingerprint density at radius 3 is 2.11 bits per heavy atom. The molecule has 3 rings (SSSR count). The van der Waals surface area contributed by atoms with Gasteiger partial charge in [-0.25, -0.2) is 0 Å². The molecule has 6 heteroatoms. The number of ether oxygens (including phenoxy) is 4. The van der Waals surface area contributed by atoms with Crippen LogP contribution in [0.3, 0.4) is 0 Å². The number of nitrogens with zero attached hydrogens (tertiary/aromatic N) is 2. The fourth-order valence-electron chi connectivity index (χ4n) is 5.92. The Kier molecular flexibility index (Phi) is 9.50. The molecule has 1 fully saturated rings. The average molecular weight is 495 g/mol. The molecule has 0 heterocycles.